The molecule has 0 fully saturated rings. The van der Waals surface area contributed by atoms with Crippen molar-refractivity contribution in [1.82, 2.24) is 9.46 Å². The van der Waals surface area contributed by atoms with Gasteiger partial charge in [-0.05, 0) is 0 Å². The van der Waals surface area contributed by atoms with Gasteiger partial charge in [-0.1, -0.05) is 9.46 Å². The second-order valence-corrected chi connectivity index (χ2v) is 2.58. The van der Waals surface area contributed by atoms with E-state index in [2.05, 4.69) is 4.84 Å². The number of rotatable bonds is 4. The number of hydrogen-bond acceptors (Lipinski definition) is 6. The molecule has 0 saturated carbocycles. The van der Waals surface area contributed by atoms with Crippen LogP contribution in [0.25, 0.3) is 0 Å². The summed E-state index contributed by atoms with van der Waals surface area (Å²) >= 11 is 0. The quantitative estimate of drug-likeness (QED) is 0.606. The highest BCUT2D eigenvalue weighted by atomic mass is 16.7. The maximum absolute atomic E-state index is 11.7. The lowest BCUT2D eigenvalue weighted by molar-refractivity contribution is 0.0710. The van der Waals surface area contributed by atoms with Gasteiger partial charge in [0.05, 0.1) is 14.2 Å². The monoisotopic (exact) mass is 232 g/mol. The van der Waals surface area contributed by atoms with Crippen molar-refractivity contribution < 1.29 is 19.1 Å². The van der Waals surface area contributed by atoms with Crippen molar-refractivity contribution in [1.29, 1.82) is 0 Å². The largest absolute Gasteiger partial charge is 0.487 e. The second-order valence-electron chi connectivity index (χ2n) is 2.58. The van der Waals surface area contributed by atoms with Crippen molar-refractivity contribution in [2.24, 2.45) is 0 Å². The van der Waals surface area contributed by atoms with E-state index in [1.807, 2.05) is 0 Å². The molecule has 0 aliphatic carbocycles. The number of aromatic nitrogens is 2. The molecule has 1 rings (SSSR count). The summed E-state index contributed by atoms with van der Waals surface area (Å²) in [5.41, 5.74) is -1.59. The van der Waals surface area contributed by atoms with Crippen LogP contribution in [0.1, 0.15) is 0 Å². The standard InChI is InChI=1S/C8H12N2O6/c1-13-5-6(11)9(15-3)8(12)10(16-4)7(5)14-2/h1-4H3. The molecule has 0 atom stereocenters. The summed E-state index contributed by atoms with van der Waals surface area (Å²) in [5, 5.41) is 0. The van der Waals surface area contributed by atoms with Gasteiger partial charge in [0.15, 0.2) is 0 Å². The summed E-state index contributed by atoms with van der Waals surface area (Å²) in [4.78, 5) is 32.7. The Hall–Kier alpha value is -2.12. The van der Waals surface area contributed by atoms with Gasteiger partial charge in [0.25, 0.3) is 11.6 Å². The number of nitrogens with zero attached hydrogens (tertiary/aromatic N) is 2. The van der Waals surface area contributed by atoms with E-state index in [-0.39, 0.29) is 11.6 Å². The zero-order valence-corrected chi connectivity index (χ0v) is 9.34. The molecule has 16 heavy (non-hydrogen) atoms. The van der Waals surface area contributed by atoms with Gasteiger partial charge in [-0.25, -0.2) is 4.79 Å². The molecule has 0 amide bonds. The number of hydrogen-bond donors (Lipinski definition) is 0. The number of methoxy groups -OCH3 is 2. The molecule has 0 N–H and O–H groups in total. The molecular weight excluding hydrogens is 220 g/mol. The van der Waals surface area contributed by atoms with Crippen LogP contribution in [0.2, 0.25) is 0 Å². The van der Waals surface area contributed by atoms with E-state index < -0.39 is 11.2 Å². The second kappa shape index (κ2) is 4.60. The van der Waals surface area contributed by atoms with E-state index in [9.17, 15) is 9.59 Å². The van der Waals surface area contributed by atoms with Crippen LogP contribution >= 0.6 is 0 Å². The van der Waals surface area contributed by atoms with Gasteiger partial charge >= 0.3 is 11.2 Å². The van der Waals surface area contributed by atoms with Crippen molar-refractivity contribution >= 4 is 0 Å². The molecule has 0 unspecified atom stereocenters. The lowest BCUT2D eigenvalue weighted by Gasteiger charge is -2.14. The Bertz CT molecular complexity index is 449. The summed E-state index contributed by atoms with van der Waals surface area (Å²) in [6.45, 7) is 0. The first kappa shape index (κ1) is 12.0. The van der Waals surface area contributed by atoms with Crippen LogP contribution in [0.4, 0.5) is 0 Å². The fourth-order valence-corrected chi connectivity index (χ4v) is 1.20. The minimum absolute atomic E-state index is 0.131. The highest BCUT2D eigenvalue weighted by molar-refractivity contribution is 5.30. The summed E-state index contributed by atoms with van der Waals surface area (Å²) in [7, 11) is 4.97. The van der Waals surface area contributed by atoms with Gasteiger partial charge in [0, 0.05) is 0 Å². The minimum atomic E-state index is -0.826. The Morgan fingerprint density at radius 3 is 1.81 bits per heavy atom. The Kier molecular flexibility index (Phi) is 3.44. The van der Waals surface area contributed by atoms with E-state index in [0.717, 1.165) is 4.73 Å². The molecule has 0 radical (unpaired) electrons. The third-order valence-electron chi connectivity index (χ3n) is 1.87. The smallest absolute Gasteiger partial charge is 0.401 e. The lowest BCUT2D eigenvalue weighted by Crippen LogP contribution is -2.44. The Morgan fingerprint density at radius 1 is 0.875 bits per heavy atom. The van der Waals surface area contributed by atoms with Crippen LogP contribution < -0.4 is 30.4 Å². The number of ether oxygens (including phenoxy) is 2. The molecule has 0 aliphatic heterocycles. The third kappa shape index (κ3) is 1.58. The average Bonchev–Trinajstić information content (AvgIpc) is 2.29. The molecule has 0 bridgehead atoms. The minimum Gasteiger partial charge on any atom is -0.487 e. The maximum atomic E-state index is 11.7. The first-order valence-electron chi connectivity index (χ1n) is 4.21. The van der Waals surface area contributed by atoms with Crippen molar-refractivity contribution in [2.45, 2.75) is 0 Å². The van der Waals surface area contributed by atoms with Crippen molar-refractivity contribution in [2.75, 3.05) is 28.4 Å². The fraction of sp³-hybridized carbons (Fsp3) is 0.500. The summed E-state index contributed by atoms with van der Waals surface area (Å²) < 4.78 is 10.9. The van der Waals surface area contributed by atoms with Crippen LogP contribution in [-0.2, 0) is 0 Å². The Morgan fingerprint density at radius 2 is 1.44 bits per heavy atom. The molecule has 0 aliphatic rings. The van der Waals surface area contributed by atoms with Crippen molar-refractivity contribution in [3.63, 3.8) is 0 Å². The molecular formula is C8H12N2O6. The van der Waals surface area contributed by atoms with E-state index in [0.29, 0.717) is 4.73 Å². The zero-order chi connectivity index (χ0) is 12.3. The maximum Gasteiger partial charge on any atom is 0.401 e. The average molecular weight is 232 g/mol. The molecule has 8 heteroatoms. The highest BCUT2D eigenvalue weighted by Crippen LogP contribution is 2.18. The Balaban J connectivity index is 3.76. The van der Waals surface area contributed by atoms with Crippen LogP contribution in [0.15, 0.2) is 9.59 Å². The predicted molar refractivity (Wildman–Crippen MR) is 53.1 cm³/mol. The topological polar surface area (TPSA) is 80.9 Å². The summed E-state index contributed by atoms with van der Waals surface area (Å²) in [6, 6.07) is 0. The molecule has 1 aromatic heterocycles. The normalized spacial score (nSPS) is 9.75. The summed E-state index contributed by atoms with van der Waals surface area (Å²) in [6.07, 6.45) is 0. The molecule has 1 aromatic rings. The van der Waals surface area contributed by atoms with Crippen molar-refractivity contribution in [3.05, 3.63) is 20.8 Å². The van der Waals surface area contributed by atoms with Gasteiger partial charge in [0.1, 0.15) is 14.2 Å². The van der Waals surface area contributed by atoms with Crippen molar-refractivity contribution in [3.8, 4) is 11.6 Å². The van der Waals surface area contributed by atoms with Crippen LogP contribution in [-0.4, -0.2) is 37.9 Å². The predicted octanol–water partition coefficient (Wildman–Crippen LogP) is -1.86. The lowest BCUT2D eigenvalue weighted by atomic mass is 10.5. The Labute approximate surface area is 90.4 Å². The molecule has 0 aromatic carbocycles. The molecule has 90 valence electrons. The molecule has 0 saturated heterocycles. The summed E-state index contributed by atoms with van der Waals surface area (Å²) in [5.74, 6) is -0.320. The third-order valence-corrected chi connectivity index (χ3v) is 1.87. The van der Waals surface area contributed by atoms with Crippen LogP contribution in [0.5, 0.6) is 11.6 Å². The molecule has 8 nitrogen and oxygen atoms in total. The van der Waals surface area contributed by atoms with E-state index in [1.165, 1.54) is 28.4 Å². The molecule has 1 heterocycles. The SMILES string of the molecule is COc1c(OC)n(OC)c(=O)n(OC)c1=O. The van der Waals surface area contributed by atoms with E-state index in [4.69, 9.17) is 14.3 Å². The van der Waals surface area contributed by atoms with Crippen LogP contribution in [0.3, 0.4) is 0 Å². The van der Waals surface area contributed by atoms with Gasteiger partial charge in [-0.2, -0.15) is 0 Å². The van der Waals surface area contributed by atoms with Gasteiger partial charge in [-0.3, -0.25) is 4.79 Å². The fourth-order valence-electron chi connectivity index (χ4n) is 1.20. The van der Waals surface area contributed by atoms with Gasteiger partial charge < -0.3 is 19.1 Å². The van der Waals surface area contributed by atoms with Gasteiger partial charge in [-0.15, -0.1) is 0 Å². The first-order chi connectivity index (χ1) is 7.62. The van der Waals surface area contributed by atoms with Gasteiger partial charge in [0.2, 0.25) is 0 Å². The highest BCUT2D eigenvalue weighted by Gasteiger charge is 2.21. The van der Waals surface area contributed by atoms with Crippen LogP contribution in [0, 0.1) is 0 Å². The van der Waals surface area contributed by atoms with E-state index >= 15 is 0 Å². The first-order valence-corrected chi connectivity index (χ1v) is 4.21. The zero-order valence-electron chi connectivity index (χ0n) is 9.34. The molecule has 0 spiro atoms. The van der Waals surface area contributed by atoms with E-state index in [1.54, 1.807) is 0 Å².